The molecule has 0 aromatic heterocycles. The number of hydrogen-bond acceptors (Lipinski definition) is 3. The van der Waals surface area contributed by atoms with Gasteiger partial charge in [-0.25, -0.2) is 0 Å². The van der Waals surface area contributed by atoms with Gasteiger partial charge in [-0.15, -0.1) is 12.4 Å². The second-order valence-electron chi connectivity index (χ2n) is 7.03. The zero-order valence-electron chi connectivity index (χ0n) is 14.3. The fraction of sp³-hybridized carbons (Fsp3) is 0.611. The topological polar surface area (TPSA) is 58.2 Å². The Hall–Kier alpha value is -0.910. The Morgan fingerprint density at radius 1 is 1.29 bits per heavy atom. The molecule has 3 atom stereocenters. The molecule has 1 aromatic carbocycles. The molecule has 2 aliphatic rings. The van der Waals surface area contributed by atoms with Gasteiger partial charge in [0, 0.05) is 47.0 Å². The normalized spacial score (nSPS) is 26.5. The molecule has 3 unspecified atom stereocenters. The summed E-state index contributed by atoms with van der Waals surface area (Å²) in [6, 6.07) is 7.08. The number of amides is 1. The van der Waals surface area contributed by atoms with Crippen molar-refractivity contribution in [3.8, 4) is 0 Å². The number of rotatable bonds is 5. The Balaban J connectivity index is 0.00000208. The molecule has 24 heavy (non-hydrogen) atoms. The van der Waals surface area contributed by atoms with E-state index in [1.165, 1.54) is 12.8 Å². The lowest BCUT2D eigenvalue weighted by Gasteiger charge is -2.28. The minimum absolute atomic E-state index is 0. The zero-order chi connectivity index (χ0) is 16.4. The maximum Gasteiger partial charge on any atom is 0.224 e. The molecule has 0 spiro atoms. The number of carbonyl (C=O) groups excluding carboxylic acids is 1. The van der Waals surface area contributed by atoms with Gasteiger partial charge in [0.2, 0.25) is 5.91 Å². The van der Waals surface area contributed by atoms with E-state index in [9.17, 15) is 9.00 Å². The number of fused-ring (bicyclic) bond motifs is 2. The summed E-state index contributed by atoms with van der Waals surface area (Å²) in [5, 5.41) is 6.68. The third-order valence-corrected chi connectivity index (χ3v) is 5.84. The van der Waals surface area contributed by atoms with Crippen molar-refractivity contribution in [2.75, 3.05) is 11.6 Å². The first kappa shape index (κ1) is 19.4. The highest BCUT2D eigenvalue weighted by molar-refractivity contribution is 7.83. The van der Waals surface area contributed by atoms with Gasteiger partial charge in [-0.2, -0.15) is 0 Å². The molecule has 2 aliphatic heterocycles. The first-order chi connectivity index (χ1) is 11.0. The van der Waals surface area contributed by atoms with Crippen molar-refractivity contribution in [2.45, 2.75) is 56.9 Å². The van der Waals surface area contributed by atoms with Gasteiger partial charge in [-0.3, -0.25) is 9.00 Å². The molecule has 1 aromatic rings. The summed E-state index contributed by atoms with van der Waals surface area (Å²) in [6.45, 7) is 1.99. The van der Waals surface area contributed by atoms with Crippen LogP contribution in [0.3, 0.4) is 0 Å². The summed E-state index contributed by atoms with van der Waals surface area (Å²) < 4.78 is 11.4. The van der Waals surface area contributed by atoms with Crippen LogP contribution in [0.25, 0.3) is 0 Å². The first-order valence-corrected chi connectivity index (χ1v) is 10.2. The van der Waals surface area contributed by atoms with Crippen molar-refractivity contribution in [2.24, 2.45) is 5.92 Å². The number of halogens is 1. The molecule has 2 bridgehead atoms. The summed E-state index contributed by atoms with van der Waals surface area (Å²) in [6.07, 6.45) is 7.08. The molecule has 6 heteroatoms. The third kappa shape index (κ3) is 4.80. The van der Waals surface area contributed by atoms with Gasteiger partial charge < -0.3 is 10.6 Å². The van der Waals surface area contributed by atoms with Crippen LogP contribution in [0.2, 0.25) is 0 Å². The molecule has 0 radical (unpaired) electrons. The van der Waals surface area contributed by atoms with Gasteiger partial charge in [0.1, 0.15) is 0 Å². The predicted octanol–water partition coefficient (Wildman–Crippen LogP) is 3.15. The Morgan fingerprint density at radius 3 is 2.58 bits per heavy atom. The Labute approximate surface area is 153 Å². The van der Waals surface area contributed by atoms with Crippen LogP contribution in [0, 0.1) is 12.8 Å². The second-order valence-corrected chi connectivity index (χ2v) is 8.47. The quantitative estimate of drug-likeness (QED) is 0.837. The van der Waals surface area contributed by atoms with Crippen LogP contribution in [0.15, 0.2) is 18.2 Å². The minimum Gasteiger partial charge on any atom is -0.326 e. The van der Waals surface area contributed by atoms with Gasteiger partial charge in [0.15, 0.2) is 0 Å². The maximum atomic E-state index is 12.4. The maximum absolute atomic E-state index is 12.4. The van der Waals surface area contributed by atoms with Crippen molar-refractivity contribution >= 4 is 34.8 Å². The fourth-order valence-corrected chi connectivity index (χ4v) is 4.75. The molecular weight excluding hydrogens is 344 g/mol. The largest absolute Gasteiger partial charge is 0.326 e. The number of nitrogens with one attached hydrogen (secondary N) is 2. The average Bonchev–Trinajstić information content (AvgIpc) is 2.82. The molecule has 3 rings (SSSR count). The van der Waals surface area contributed by atoms with Gasteiger partial charge in [-0.05, 0) is 55.7 Å². The van der Waals surface area contributed by atoms with Crippen molar-refractivity contribution in [3.63, 3.8) is 0 Å². The van der Waals surface area contributed by atoms with Gasteiger partial charge in [0.25, 0.3) is 0 Å². The van der Waals surface area contributed by atoms with E-state index in [4.69, 9.17) is 0 Å². The summed E-state index contributed by atoms with van der Waals surface area (Å²) in [5.41, 5.74) is 2.93. The van der Waals surface area contributed by atoms with E-state index >= 15 is 0 Å². The molecule has 4 nitrogen and oxygen atoms in total. The monoisotopic (exact) mass is 370 g/mol. The Bertz CT molecular complexity index is 611. The number of carbonyl (C=O) groups is 1. The number of piperidine rings is 1. The summed E-state index contributed by atoms with van der Waals surface area (Å²) >= 11 is 0. The number of benzene rings is 1. The average molecular weight is 371 g/mol. The SMILES string of the molecule is Cc1c(CS(C)=O)cccc1NC(=O)CC1CC2CCC(C1)N2.Cl. The first-order valence-electron chi connectivity index (χ1n) is 8.45. The van der Waals surface area contributed by atoms with E-state index in [2.05, 4.69) is 10.6 Å². The highest BCUT2D eigenvalue weighted by Gasteiger charge is 2.34. The summed E-state index contributed by atoms with van der Waals surface area (Å²) in [4.78, 5) is 12.4. The molecule has 0 aliphatic carbocycles. The summed E-state index contributed by atoms with van der Waals surface area (Å²) in [7, 11) is -0.874. The lowest BCUT2D eigenvalue weighted by molar-refractivity contribution is -0.117. The van der Waals surface area contributed by atoms with E-state index in [1.54, 1.807) is 6.26 Å². The van der Waals surface area contributed by atoms with E-state index in [0.29, 0.717) is 30.2 Å². The summed E-state index contributed by atoms with van der Waals surface area (Å²) in [5.74, 6) is 1.14. The second kappa shape index (κ2) is 8.45. The van der Waals surface area contributed by atoms with E-state index < -0.39 is 10.8 Å². The standard InChI is InChI=1S/C18H26N2O2S.ClH/c1-12-14(11-23(2)22)4-3-5-17(12)20-18(21)10-13-8-15-6-7-16(9-13)19-15;/h3-5,13,15-16,19H,6-11H2,1-2H3,(H,20,21);1H. The fourth-order valence-electron chi connectivity index (χ4n) is 4.00. The van der Waals surface area contributed by atoms with Crippen LogP contribution in [0.1, 0.15) is 43.2 Å². The molecular formula is C18H27ClN2O2S. The Kier molecular flexibility index (Phi) is 6.84. The van der Waals surface area contributed by atoms with Gasteiger partial charge in [-0.1, -0.05) is 12.1 Å². The third-order valence-electron chi connectivity index (χ3n) is 5.12. The van der Waals surface area contributed by atoms with Crippen molar-refractivity contribution in [3.05, 3.63) is 29.3 Å². The smallest absolute Gasteiger partial charge is 0.224 e. The van der Waals surface area contributed by atoms with Crippen LogP contribution in [0.5, 0.6) is 0 Å². The molecule has 2 heterocycles. The van der Waals surface area contributed by atoms with Crippen molar-refractivity contribution in [1.82, 2.24) is 5.32 Å². The zero-order valence-corrected chi connectivity index (χ0v) is 16.0. The lowest BCUT2D eigenvalue weighted by atomic mass is 9.89. The van der Waals surface area contributed by atoms with Gasteiger partial charge >= 0.3 is 0 Å². The molecule has 2 fully saturated rings. The molecule has 1 amide bonds. The van der Waals surface area contributed by atoms with Crippen LogP contribution in [-0.4, -0.2) is 28.5 Å². The van der Waals surface area contributed by atoms with E-state index in [0.717, 1.165) is 29.7 Å². The van der Waals surface area contributed by atoms with Crippen LogP contribution in [-0.2, 0) is 21.3 Å². The predicted molar refractivity (Wildman–Crippen MR) is 102 cm³/mol. The van der Waals surface area contributed by atoms with E-state index in [-0.39, 0.29) is 18.3 Å². The molecule has 2 N–H and O–H groups in total. The Morgan fingerprint density at radius 2 is 1.96 bits per heavy atom. The van der Waals surface area contributed by atoms with Crippen LogP contribution >= 0.6 is 12.4 Å². The highest BCUT2D eigenvalue weighted by Crippen LogP contribution is 2.33. The van der Waals surface area contributed by atoms with Crippen molar-refractivity contribution in [1.29, 1.82) is 0 Å². The lowest BCUT2D eigenvalue weighted by Crippen LogP contribution is -2.39. The molecule has 134 valence electrons. The van der Waals surface area contributed by atoms with E-state index in [1.807, 2.05) is 25.1 Å². The number of hydrogen-bond donors (Lipinski definition) is 2. The van der Waals surface area contributed by atoms with Crippen molar-refractivity contribution < 1.29 is 9.00 Å². The van der Waals surface area contributed by atoms with Gasteiger partial charge in [0.05, 0.1) is 0 Å². The number of anilines is 1. The molecule has 0 saturated carbocycles. The minimum atomic E-state index is -0.874. The highest BCUT2D eigenvalue weighted by atomic mass is 35.5. The molecule has 2 saturated heterocycles. The van der Waals surface area contributed by atoms with Crippen LogP contribution in [0.4, 0.5) is 5.69 Å². The van der Waals surface area contributed by atoms with Crippen LogP contribution < -0.4 is 10.6 Å².